The van der Waals surface area contributed by atoms with Gasteiger partial charge in [0.15, 0.2) is 5.96 Å². The Kier molecular flexibility index (Phi) is 7.19. The van der Waals surface area contributed by atoms with Gasteiger partial charge >= 0.3 is 0 Å². The summed E-state index contributed by atoms with van der Waals surface area (Å²) in [4.78, 5) is 6.97. The molecule has 0 radical (unpaired) electrons. The third kappa shape index (κ3) is 3.99. The Morgan fingerprint density at radius 1 is 1.44 bits per heavy atom. The fraction of sp³-hybridized carbons (Fsp3) is 0.737. The quantitative estimate of drug-likeness (QED) is 0.402. The van der Waals surface area contributed by atoms with Crippen LogP contribution in [-0.2, 0) is 18.3 Å². The second-order valence-electron chi connectivity index (χ2n) is 7.23. The molecule has 2 aliphatic rings. The van der Waals surface area contributed by atoms with Crippen LogP contribution in [0.25, 0.3) is 0 Å². The first-order valence-electron chi connectivity index (χ1n) is 9.34. The van der Waals surface area contributed by atoms with Crippen molar-refractivity contribution in [2.75, 3.05) is 20.2 Å². The van der Waals surface area contributed by atoms with Crippen LogP contribution in [-0.4, -0.2) is 47.8 Å². The van der Waals surface area contributed by atoms with Crippen LogP contribution >= 0.6 is 24.0 Å². The molecule has 1 heterocycles. The summed E-state index contributed by atoms with van der Waals surface area (Å²) in [7, 11) is 4.22. The number of nitrogens with one attached hydrogen (secondary N) is 1. The highest BCUT2D eigenvalue weighted by atomic mass is 127. The number of ether oxygens (including phenoxy) is 1. The van der Waals surface area contributed by atoms with Crippen molar-refractivity contribution < 1.29 is 4.74 Å². The molecule has 0 saturated heterocycles. The van der Waals surface area contributed by atoms with E-state index < -0.39 is 0 Å². The standard InChI is InChI=1S/C19H32N4O.HI/c1-5-20-18(23(4)14-15-9-7-12-22(15)3)21-16-13-17(24-6-2)19(16)10-8-11-19;/h7,9,12,16-17H,5-6,8,10-11,13-14H2,1-4H3,(H,20,21);1H. The van der Waals surface area contributed by atoms with Crippen LogP contribution < -0.4 is 5.32 Å². The van der Waals surface area contributed by atoms with Gasteiger partial charge in [-0.1, -0.05) is 6.42 Å². The van der Waals surface area contributed by atoms with Gasteiger partial charge in [-0.2, -0.15) is 0 Å². The van der Waals surface area contributed by atoms with Gasteiger partial charge in [-0.15, -0.1) is 24.0 Å². The van der Waals surface area contributed by atoms with E-state index in [1.807, 2.05) is 0 Å². The number of halogens is 1. The molecule has 3 rings (SSSR count). The van der Waals surface area contributed by atoms with Gasteiger partial charge in [-0.05, 0) is 45.2 Å². The zero-order valence-electron chi connectivity index (χ0n) is 16.0. The first kappa shape index (κ1) is 20.6. The molecule has 142 valence electrons. The maximum atomic E-state index is 5.97. The molecule has 0 bridgehead atoms. The second-order valence-corrected chi connectivity index (χ2v) is 7.23. The first-order chi connectivity index (χ1) is 11.6. The fourth-order valence-corrected chi connectivity index (χ4v) is 4.20. The highest BCUT2D eigenvalue weighted by Crippen LogP contribution is 2.57. The van der Waals surface area contributed by atoms with Crippen molar-refractivity contribution >= 4 is 29.9 Å². The molecule has 0 aromatic carbocycles. The van der Waals surface area contributed by atoms with Gasteiger partial charge in [0.05, 0.1) is 12.6 Å². The minimum Gasteiger partial charge on any atom is -0.378 e. The summed E-state index contributed by atoms with van der Waals surface area (Å²) >= 11 is 0. The summed E-state index contributed by atoms with van der Waals surface area (Å²) < 4.78 is 8.14. The number of hydrogen-bond acceptors (Lipinski definition) is 2. The zero-order valence-corrected chi connectivity index (χ0v) is 18.3. The van der Waals surface area contributed by atoms with E-state index in [0.717, 1.165) is 32.1 Å². The summed E-state index contributed by atoms with van der Waals surface area (Å²) in [6, 6.07) is 4.76. The van der Waals surface area contributed by atoms with Gasteiger partial charge in [-0.25, -0.2) is 0 Å². The van der Waals surface area contributed by atoms with Crippen molar-refractivity contribution in [2.24, 2.45) is 17.5 Å². The molecule has 1 aromatic heterocycles. The van der Waals surface area contributed by atoms with Gasteiger partial charge in [-0.3, -0.25) is 4.99 Å². The summed E-state index contributed by atoms with van der Waals surface area (Å²) in [6.07, 6.45) is 7.55. The van der Waals surface area contributed by atoms with E-state index in [4.69, 9.17) is 9.73 Å². The van der Waals surface area contributed by atoms with E-state index in [2.05, 4.69) is 61.1 Å². The third-order valence-corrected chi connectivity index (χ3v) is 5.86. The predicted octanol–water partition coefficient (Wildman–Crippen LogP) is 3.39. The molecular formula is C19H33IN4O. The fourth-order valence-electron chi connectivity index (χ4n) is 4.20. The molecule has 1 aromatic rings. The van der Waals surface area contributed by atoms with Gasteiger partial charge in [0.1, 0.15) is 0 Å². The number of aryl methyl sites for hydroxylation is 1. The molecule has 2 saturated carbocycles. The summed E-state index contributed by atoms with van der Waals surface area (Å²) in [6.45, 7) is 6.69. The number of rotatable bonds is 6. The summed E-state index contributed by atoms with van der Waals surface area (Å²) in [5, 5.41) is 3.75. The van der Waals surface area contributed by atoms with Crippen LogP contribution in [0.5, 0.6) is 0 Å². The average Bonchev–Trinajstić information content (AvgIpc) is 2.88. The average molecular weight is 460 g/mol. The Morgan fingerprint density at radius 2 is 2.20 bits per heavy atom. The van der Waals surface area contributed by atoms with Crippen LogP contribution in [0.3, 0.4) is 0 Å². The Balaban J connectivity index is 0.00000225. The molecule has 0 amide bonds. The topological polar surface area (TPSA) is 41.8 Å². The van der Waals surface area contributed by atoms with E-state index in [1.165, 1.54) is 25.0 Å². The van der Waals surface area contributed by atoms with Gasteiger partial charge in [0, 0.05) is 50.6 Å². The van der Waals surface area contributed by atoms with Gasteiger partial charge in [0.2, 0.25) is 0 Å². The number of guanidine groups is 1. The normalized spacial score (nSPS) is 24.2. The molecule has 0 aliphatic heterocycles. The van der Waals surface area contributed by atoms with E-state index in [1.54, 1.807) is 0 Å². The van der Waals surface area contributed by atoms with Crippen molar-refractivity contribution in [2.45, 2.75) is 58.2 Å². The lowest BCUT2D eigenvalue weighted by Gasteiger charge is -2.61. The van der Waals surface area contributed by atoms with Gasteiger partial charge in [0.25, 0.3) is 0 Å². The number of hydrogen-bond donors (Lipinski definition) is 1. The SMILES string of the molecule is CCN=C(NC1CC(OCC)C12CCC2)N(C)Cc1cccn1C.I. The zero-order chi connectivity index (χ0) is 17.2. The maximum Gasteiger partial charge on any atom is 0.194 e. The Bertz CT molecular complexity index is 582. The monoisotopic (exact) mass is 460 g/mol. The Hall–Kier alpha value is -0.760. The van der Waals surface area contributed by atoms with Crippen molar-refractivity contribution in [1.82, 2.24) is 14.8 Å². The Morgan fingerprint density at radius 3 is 2.72 bits per heavy atom. The van der Waals surface area contributed by atoms with Gasteiger partial charge < -0.3 is 19.5 Å². The van der Waals surface area contributed by atoms with E-state index in [9.17, 15) is 0 Å². The molecule has 5 nitrogen and oxygen atoms in total. The van der Waals surface area contributed by atoms with Crippen molar-refractivity contribution in [3.05, 3.63) is 24.0 Å². The maximum absolute atomic E-state index is 5.97. The van der Waals surface area contributed by atoms with E-state index in [-0.39, 0.29) is 24.0 Å². The minimum atomic E-state index is 0. The van der Waals surface area contributed by atoms with Crippen molar-refractivity contribution in [3.8, 4) is 0 Å². The Labute approximate surface area is 169 Å². The lowest BCUT2D eigenvalue weighted by Crippen LogP contribution is -2.68. The molecule has 2 unspecified atom stereocenters. The van der Waals surface area contributed by atoms with Crippen LogP contribution in [0.4, 0.5) is 0 Å². The van der Waals surface area contributed by atoms with Crippen molar-refractivity contribution in [3.63, 3.8) is 0 Å². The first-order valence-corrected chi connectivity index (χ1v) is 9.34. The van der Waals surface area contributed by atoms with E-state index in [0.29, 0.717) is 17.6 Å². The van der Waals surface area contributed by atoms with Crippen LogP contribution in [0.1, 0.15) is 45.2 Å². The second kappa shape index (κ2) is 8.75. The van der Waals surface area contributed by atoms with Crippen LogP contribution in [0.15, 0.2) is 23.3 Å². The lowest BCUT2D eigenvalue weighted by molar-refractivity contribution is -0.168. The predicted molar refractivity (Wildman–Crippen MR) is 114 cm³/mol. The number of aliphatic imine (C=N–C) groups is 1. The summed E-state index contributed by atoms with van der Waals surface area (Å²) in [5.74, 6) is 1.02. The van der Waals surface area contributed by atoms with Crippen LogP contribution in [0.2, 0.25) is 0 Å². The molecular weight excluding hydrogens is 427 g/mol. The third-order valence-electron chi connectivity index (χ3n) is 5.86. The van der Waals surface area contributed by atoms with Crippen molar-refractivity contribution in [1.29, 1.82) is 0 Å². The summed E-state index contributed by atoms with van der Waals surface area (Å²) in [5.41, 5.74) is 1.65. The minimum absolute atomic E-state index is 0. The molecule has 1 N–H and O–H groups in total. The number of nitrogens with zero attached hydrogens (tertiary/aromatic N) is 3. The molecule has 25 heavy (non-hydrogen) atoms. The van der Waals surface area contributed by atoms with Crippen LogP contribution in [0, 0.1) is 5.41 Å². The highest BCUT2D eigenvalue weighted by Gasteiger charge is 2.59. The lowest BCUT2D eigenvalue weighted by atomic mass is 9.51. The number of aromatic nitrogens is 1. The molecule has 1 spiro atoms. The molecule has 6 heteroatoms. The smallest absolute Gasteiger partial charge is 0.194 e. The van der Waals surface area contributed by atoms with E-state index >= 15 is 0 Å². The molecule has 2 fully saturated rings. The largest absolute Gasteiger partial charge is 0.378 e. The highest BCUT2D eigenvalue weighted by molar-refractivity contribution is 14.0. The molecule has 2 atom stereocenters. The molecule has 2 aliphatic carbocycles.